The van der Waals surface area contributed by atoms with E-state index in [0.29, 0.717) is 0 Å². The van der Waals surface area contributed by atoms with Gasteiger partial charge in [0.25, 0.3) is 0 Å². The molecule has 152 valence electrons. The summed E-state index contributed by atoms with van der Waals surface area (Å²) in [6.07, 6.45) is 0. The Morgan fingerprint density at radius 1 is 0.680 bits per heavy atom. The van der Waals surface area contributed by atoms with Crippen LogP contribution in [0.2, 0.25) is 0 Å². The van der Waals surface area contributed by atoms with Gasteiger partial charge in [0, 0.05) is 0 Å². The molecule has 25 heavy (non-hydrogen) atoms. The average Bonchev–Trinajstić information content (AvgIpc) is 2.41. The molecule has 0 aliphatic heterocycles. The third kappa shape index (κ3) is 45.4. The van der Waals surface area contributed by atoms with Crippen molar-refractivity contribution in [1.82, 2.24) is 0 Å². The van der Waals surface area contributed by atoms with Crippen LogP contribution in [0.5, 0.6) is 0 Å². The van der Waals surface area contributed by atoms with Crippen LogP contribution in [0.25, 0.3) is 10.6 Å². The maximum atomic E-state index is 4.51. The largest absolute Gasteiger partial charge is 0.662 e. The van der Waals surface area contributed by atoms with Crippen molar-refractivity contribution in [3.63, 3.8) is 0 Å². The molecule has 0 aromatic rings. The Labute approximate surface area is 168 Å². The second-order valence-corrected chi connectivity index (χ2v) is 10.1. The van der Waals surface area contributed by atoms with Crippen molar-refractivity contribution < 1.29 is 18.2 Å². The summed E-state index contributed by atoms with van der Waals surface area (Å²) in [6, 6.07) is 0. The third-order valence-corrected chi connectivity index (χ3v) is 5.16. The fraction of sp³-hybridized carbons (Fsp3) is 1.00. The summed E-state index contributed by atoms with van der Waals surface area (Å²) in [5.74, 6) is 1.47. The standard InChI is InChI=1S/2C6H14N.2C4H9N.Mo/c2*1-4-7-5-6(2)3;2*1-4(2,3)5;/h2*6H,4-5H2,1-3H3;2*1-3H3;/q2*-1;;;+2. The van der Waals surface area contributed by atoms with E-state index in [9.17, 15) is 0 Å². The Morgan fingerprint density at radius 2 is 0.960 bits per heavy atom. The van der Waals surface area contributed by atoms with E-state index in [-0.39, 0.29) is 11.1 Å². The minimum absolute atomic E-state index is 0.108. The number of hydrogen-bond donors (Lipinski definition) is 0. The molecule has 0 saturated heterocycles. The predicted octanol–water partition coefficient (Wildman–Crippen LogP) is 7.11. The molecule has 0 radical (unpaired) electrons. The fourth-order valence-corrected chi connectivity index (χ4v) is 2.34. The number of nitrogens with zero attached hydrogens (tertiary/aromatic N) is 4. The first-order chi connectivity index (χ1) is 11.2. The van der Waals surface area contributed by atoms with Crippen LogP contribution < -0.4 is 0 Å². The summed E-state index contributed by atoms with van der Waals surface area (Å²) in [7, 11) is 0. The van der Waals surface area contributed by atoms with Gasteiger partial charge in [-0.25, -0.2) is 0 Å². The van der Waals surface area contributed by atoms with Crippen molar-refractivity contribution in [2.45, 2.75) is 94.2 Å². The maximum absolute atomic E-state index is 4.51. The first-order valence-corrected chi connectivity index (χ1v) is 11.4. The molecule has 0 bridgehead atoms. The molecular weight excluding hydrogens is 392 g/mol. The van der Waals surface area contributed by atoms with Crippen molar-refractivity contribution in [3.8, 4) is 0 Å². The zero-order valence-electron chi connectivity index (χ0n) is 19.2. The van der Waals surface area contributed by atoms with Gasteiger partial charge in [0.1, 0.15) is 0 Å². The third-order valence-electron chi connectivity index (χ3n) is 2.07. The maximum Gasteiger partial charge on any atom is -0.0644 e. The van der Waals surface area contributed by atoms with Gasteiger partial charge in [0.2, 0.25) is 0 Å². The molecular formula is C20H46MoN4. The molecule has 0 amide bonds. The summed E-state index contributed by atoms with van der Waals surface area (Å²) in [5, 5.41) is 8.34. The Hall–Kier alpha value is 0.208. The molecule has 0 rings (SSSR count). The minimum atomic E-state index is -0.473. The fourth-order valence-electron chi connectivity index (χ4n) is 1.04. The van der Waals surface area contributed by atoms with Crippen LogP contribution in [-0.2, 0) is 18.2 Å². The average molecular weight is 439 g/mol. The molecule has 0 aromatic heterocycles. The van der Waals surface area contributed by atoms with Crippen LogP contribution in [-0.4, -0.2) is 37.3 Å². The van der Waals surface area contributed by atoms with E-state index in [4.69, 9.17) is 0 Å². The van der Waals surface area contributed by atoms with Gasteiger partial charge in [-0.2, -0.15) is 13.1 Å². The molecule has 0 N–H and O–H groups in total. The molecule has 0 atom stereocenters. The molecule has 0 heterocycles. The molecule has 0 spiro atoms. The monoisotopic (exact) mass is 440 g/mol. The first kappa shape index (κ1) is 30.0. The zero-order valence-corrected chi connectivity index (χ0v) is 21.2. The van der Waals surface area contributed by atoms with Crippen LogP contribution in [0, 0.1) is 11.8 Å². The van der Waals surface area contributed by atoms with Crippen LogP contribution in [0.1, 0.15) is 83.1 Å². The molecule has 0 saturated carbocycles. The van der Waals surface area contributed by atoms with Gasteiger partial charge in [0.05, 0.1) is 0 Å². The van der Waals surface area contributed by atoms with Crippen molar-refractivity contribution in [2.75, 3.05) is 26.2 Å². The van der Waals surface area contributed by atoms with Crippen molar-refractivity contribution in [3.05, 3.63) is 10.6 Å². The Balaban J connectivity index is -0.000000304. The van der Waals surface area contributed by atoms with E-state index in [1.165, 1.54) is 0 Å². The SMILES string of the molecule is CC(C)(C)[N]=[Mo+2]=[N]C(C)(C)C.CC[N-]CC(C)C.CC[N-]CC(C)C. The van der Waals surface area contributed by atoms with E-state index in [1.54, 1.807) is 0 Å². The molecule has 0 aromatic carbocycles. The number of hydrogen-bond acceptors (Lipinski definition) is 2. The smallest absolute Gasteiger partial charge is 0.0644 e. The second kappa shape index (κ2) is 17.6. The van der Waals surface area contributed by atoms with Gasteiger partial charge < -0.3 is 10.6 Å². The van der Waals surface area contributed by atoms with E-state index in [0.717, 1.165) is 38.0 Å². The van der Waals surface area contributed by atoms with Crippen molar-refractivity contribution >= 4 is 0 Å². The van der Waals surface area contributed by atoms with E-state index in [1.807, 2.05) is 0 Å². The van der Waals surface area contributed by atoms with Crippen LogP contribution in [0.4, 0.5) is 0 Å². The van der Waals surface area contributed by atoms with Crippen LogP contribution >= 0.6 is 0 Å². The minimum Gasteiger partial charge on any atom is -0.662 e. The summed E-state index contributed by atoms with van der Waals surface area (Å²) in [4.78, 5) is 0. The van der Waals surface area contributed by atoms with Crippen molar-refractivity contribution in [1.29, 1.82) is 0 Å². The number of rotatable bonds is 6. The quantitative estimate of drug-likeness (QED) is 0.397. The van der Waals surface area contributed by atoms with E-state index < -0.39 is 18.2 Å². The Morgan fingerprint density at radius 3 is 1.08 bits per heavy atom. The molecule has 0 aliphatic carbocycles. The molecule has 0 unspecified atom stereocenters. The van der Waals surface area contributed by atoms with Gasteiger partial charge in [-0.05, 0) is 0 Å². The van der Waals surface area contributed by atoms with Crippen LogP contribution in [0.3, 0.4) is 0 Å². The van der Waals surface area contributed by atoms with E-state index in [2.05, 4.69) is 101 Å². The van der Waals surface area contributed by atoms with Crippen molar-refractivity contribution in [2.24, 2.45) is 18.8 Å². The first-order valence-electron chi connectivity index (χ1n) is 9.62. The topological polar surface area (TPSA) is 52.9 Å². The van der Waals surface area contributed by atoms with Crippen LogP contribution in [0.15, 0.2) is 6.99 Å². The van der Waals surface area contributed by atoms with E-state index >= 15 is 0 Å². The molecule has 0 fully saturated rings. The van der Waals surface area contributed by atoms with Gasteiger partial charge in [0.15, 0.2) is 0 Å². The van der Waals surface area contributed by atoms with Gasteiger partial charge in [-0.15, -0.1) is 13.1 Å². The molecule has 4 nitrogen and oxygen atoms in total. The second-order valence-electron chi connectivity index (χ2n) is 8.84. The van der Waals surface area contributed by atoms with Gasteiger partial charge in [-0.3, -0.25) is 0 Å². The summed E-state index contributed by atoms with van der Waals surface area (Å²) >= 11 is -0.473. The predicted molar refractivity (Wildman–Crippen MR) is 112 cm³/mol. The summed E-state index contributed by atoms with van der Waals surface area (Å²) < 4.78 is 9.01. The molecule has 5 heteroatoms. The normalized spacial score (nSPS) is 11.1. The Bertz CT molecular complexity index is 303. The summed E-state index contributed by atoms with van der Waals surface area (Å²) in [6.45, 7) is 29.6. The van der Waals surface area contributed by atoms with Gasteiger partial charge in [-0.1, -0.05) is 53.4 Å². The van der Waals surface area contributed by atoms with Gasteiger partial charge >= 0.3 is 77.8 Å². The Kier molecular flexibility index (Phi) is 21.1. The molecule has 0 aliphatic rings. The zero-order chi connectivity index (χ0) is 20.5. The summed E-state index contributed by atoms with van der Waals surface area (Å²) in [5.41, 5.74) is 0.216.